The molecule has 0 aliphatic carbocycles. The third-order valence-electron chi connectivity index (χ3n) is 1.66. The lowest BCUT2D eigenvalue weighted by Gasteiger charge is -2.22. The summed E-state index contributed by atoms with van der Waals surface area (Å²) in [6, 6.07) is 0. The van der Waals surface area contributed by atoms with Crippen LogP contribution in [0.15, 0.2) is 0 Å². The van der Waals surface area contributed by atoms with E-state index in [1.54, 1.807) is 0 Å². The molecule has 98 valence electrons. The molecule has 0 atom stereocenters. The van der Waals surface area contributed by atoms with E-state index in [2.05, 4.69) is 4.74 Å². The van der Waals surface area contributed by atoms with Crippen LogP contribution in [0.4, 0.5) is 26.3 Å². The van der Waals surface area contributed by atoms with Gasteiger partial charge < -0.3 is 4.74 Å². The summed E-state index contributed by atoms with van der Waals surface area (Å²) in [5, 5.41) is 0. The summed E-state index contributed by atoms with van der Waals surface area (Å²) in [6.45, 7) is -0.583. The van der Waals surface area contributed by atoms with Crippen molar-refractivity contribution in [2.75, 3.05) is 12.5 Å². The number of unbranched alkanes of at least 4 members (excludes halogenated alkanes) is 2. The Labute approximate surface area is 93.7 Å². The first-order chi connectivity index (χ1) is 7.19. The SMILES string of the molecule is FC(F)(F)C(OCCCCCCl)C(F)(F)F. The molecular formula is C8H11ClF6O. The van der Waals surface area contributed by atoms with Crippen LogP contribution in [-0.4, -0.2) is 30.9 Å². The van der Waals surface area contributed by atoms with E-state index in [9.17, 15) is 26.3 Å². The van der Waals surface area contributed by atoms with Crippen LogP contribution in [0, 0.1) is 0 Å². The third-order valence-corrected chi connectivity index (χ3v) is 1.92. The standard InChI is InChI=1S/C8H11ClF6O/c9-4-2-1-3-5-16-6(7(10,11)12)8(13,14)15/h6H,1-5H2. The van der Waals surface area contributed by atoms with Crippen LogP contribution in [0.2, 0.25) is 0 Å². The van der Waals surface area contributed by atoms with E-state index in [0.29, 0.717) is 18.7 Å². The van der Waals surface area contributed by atoms with E-state index >= 15 is 0 Å². The summed E-state index contributed by atoms with van der Waals surface area (Å²) in [7, 11) is 0. The summed E-state index contributed by atoms with van der Waals surface area (Å²) in [5.74, 6) is 0.321. The Bertz CT molecular complexity index is 176. The van der Waals surface area contributed by atoms with Crippen LogP contribution < -0.4 is 0 Å². The maximum Gasteiger partial charge on any atom is 0.423 e. The Morgan fingerprint density at radius 1 is 0.875 bits per heavy atom. The Kier molecular flexibility index (Phi) is 6.47. The zero-order valence-electron chi connectivity index (χ0n) is 8.17. The highest BCUT2D eigenvalue weighted by Crippen LogP contribution is 2.35. The van der Waals surface area contributed by atoms with Crippen molar-refractivity contribution in [3.05, 3.63) is 0 Å². The molecule has 0 spiro atoms. The minimum Gasteiger partial charge on any atom is -0.361 e. The van der Waals surface area contributed by atoms with Crippen LogP contribution in [0.1, 0.15) is 19.3 Å². The van der Waals surface area contributed by atoms with Gasteiger partial charge in [-0.25, -0.2) is 0 Å². The van der Waals surface area contributed by atoms with E-state index < -0.39 is 25.1 Å². The average Bonchev–Trinajstić information content (AvgIpc) is 2.06. The lowest BCUT2D eigenvalue weighted by Crippen LogP contribution is -2.44. The topological polar surface area (TPSA) is 9.23 Å². The van der Waals surface area contributed by atoms with Gasteiger partial charge in [-0.15, -0.1) is 11.6 Å². The molecule has 0 N–H and O–H groups in total. The monoisotopic (exact) mass is 272 g/mol. The first-order valence-electron chi connectivity index (χ1n) is 4.50. The second-order valence-corrected chi connectivity index (χ2v) is 3.46. The predicted molar refractivity (Wildman–Crippen MR) is 46.4 cm³/mol. The molecule has 0 amide bonds. The third kappa shape index (κ3) is 6.42. The lowest BCUT2D eigenvalue weighted by atomic mass is 10.2. The van der Waals surface area contributed by atoms with Gasteiger partial charge in [0.05, 0.1) is 0 Å². The number of hydrogen-bond donors (Lipinski definition) is 0. The highest BCUT2D eigenvalue weighted by atomic mass is 35.5. The molecule has 0 aromatic heterocycles. The molecule has 1 nitrogen and oxygen atoms in total. The molecule has 0 fully saturated rings. The largest absolute Gasteiger partial charge is 0.423 e. The van der Waals surface area contributed by atoms with Gasteiger partial charge in [0.25, 0.3) is 0 Å². The first kappa shape index (κ1) is 15.8. The molecule has 0 unspecified atom stereocenters. The lowest BCUT2D eigenvalue weighted by molar-refractivity contribution is -0.321. The Morgan fingerprint density at radius 3 is 1.75 bits per heavy atom. The molecule has 0 radical (unpaired) electrons. The molecule has 0 aromatic rings. The molecule has 8 heteroatoms. The van der Waals surface area contributed by atoms with Crippen molar-refractivity contribution < 1.29 is 31.1 Å². The van der Waals surface area contributed by atoms with Gasteiger partial charge in [-0.2, -0.15) is 26.3 Å². The van der Waals surface area contributed by atoms with Gasteiger partial charge in [-0.3, -0.25) is 0 Å². The van der Waals surface area contributed by atoms with Gasteiger partial charge in [-0.05, 0) is 19.3 Å². The average molecular weight is 273 g/mol. The van der Waals surface area contributed by atoms with Gasteiger partial charge in [0, 0.05) is 12.5 Å². The Morgan fingerprint density at radius 2 is 1.38 bits per heavy atom. The van der Waals surface area contributed by atoms with Crippen molar-refractivity contribution in [1.82, 2.24) is 0 Å². The van der Waals surface area contributed by atoms with Crippen LogP contribution >= 0.6 is 11.6 Å². The van der Waals surface area contributed by atoms with Crippen LogP contribution in [-0.2, 0) is 4.74 Å². The number of alkyl halides is 7. The van der Waals surface area contributed by atoms with Gasteiger partial charge in [-0.1, -0.05) is 0 Å². The number of halogens is 7. The predicted octanol–water partition coefficient (Wildman–Crippen LogP) is 3.91. The molecule has 0 bridgehead atoms. The molecule has 0 aliphatic rings. The summed E-state index contributed by atoms with van der Waals surface area (Å²) < 4.78 is 75.4. The van der Waals surface area contributed by atoms with Gasteiger partial charge in [0.15, 0.2) is 0 Å². The number of rotatable bonds is 6. The second-order valence-electron chi connectivity index (χ2n) is 3.08. The van der Waals surface area contributed by atoms with E-state index in [1.807, 2.05) is 0 Å². The van der Waals surface area contributed by atoms with Gasteiger partial charge >= 0.3 is 12.4 Å². The smallest absolute Gasteiger partial charge is 0.361 e. The summed E-state index contributed by atoms with van der Waals surface area (Å²) >= 11 is 5.29. The Balaban J connectivity index is 4.06. The fourth-order valence-electron chi connectivity index (χ4n) is 0.949. The summed E-state index contributed by atoms with van der Waals surface area (Å²) in [5.41, 5.74) is 0. The van der Waals surface area contributed by atoms with Crippen molar-refractivity contribution in [1.29, 1.82) is 0 Å². The van der Waals surface area contributed by atoms with Crippen LogP contribution in [0.5, 0.6) is 0 Å². The van der Waals surface area contributed by atoms with E-state index in [4.69, 9.17) is 11.6 Å². The van der Waals surface area contributed by atoms with Crippen molar-refractivity contribution in [2.24, 2.45) is 0 Å². The maximum atomic E-state index is 11.9. The van der Waals surface area contributed by atoms with Crippen LogP contribution in [0.25, 0.3) is 0 Å². The Hall–Kier alpha value is -0.170. The normalized spacial score (nSPS) is 13.5. The highest BCUT2D eigenvalue weighted by Gasteiger charge is 2.57. The first-order valence-corrected chi connectivity index (χ1v) is 5.04. The van der Waals surface area contributed by atoms with Crippen LogP contribution in [0.3, 0.4) is 0 Å². The summed E-state index contributed by atoms with van der Waals surface area (Å²) in [4.78, 5) is 0. The minimum absolute atomic E-state index is 0.120. The molecule has 0 rings (SSSR count). The quantitative estimate of drug-likeness (QED) is 0.405. The molecule has 0 heterocycles. The van der Waals surface area contributed by atoms with Crippen molar-refractivity contribution in [2.45, 2.75) is 37.7 Å². The van der Waals surface area contributed by atoms with E-state index in [-0.39, 0.29) is 6.42 Å². The van der Waals surface area contributed by atoms with Gasteiger partial charge in [0.2, 0.25) is 6.10 Å². The second kappa shape index (κ2) is 6.54. The number of hydrogen-bond acceptors (Lipinski definition) is 1. The molecule has 0 saturated heterocycles. The minimum atomic E-state index is -5.43. The van der Waals surface area contributed by atoms with E-state index in [0.717, 1.165) is 0 Å². The highest BCUT2D eigenvalue weighted by molar-refractivity contribution is 6.17. The van der Waals surface area contributed by atoms with Crippen molar-refractivity contribution >= 4 is 11.6 Å². The van der Waals surface area contributed by atoms with E-state index in [1.165, 1.54) is 0 Å². The summed E-state index contributed by atoms with van der Waals surface area (Å²) in [6.07, 6.45) is -13.5. The van der Waals surface area contributed by atoms with Crippen molar-refractivity contribution in [3.8, 4) is 0 Å². The fraction of sp³-hybridized carbons (Fsp3) is 1.00. The zero-order valence-corrected chi connectivity index (χ0v) is 8.92. The zero-order chi connectivity index (χ0) is 12.8. The maximum absolute atomic E-state index is 11.9. The molecule has 0 saturated carbocycles. The number of ether oxygens (including phenoxy) is 1. The fourth-order valence-corrected chi connectivity index (χ4v) is 1.14. The molecule has 0 aliphatic heterocycles. The molecular weight excluding hydrogens is 262 g/mol. The van der Waals surface area contributed by atoms with Gasteiger partial charge in [0.1, 0.15) is 0 Å². The molecule has 0 aromatic carbocycles. The van der Waals surface area contributed by atoms with Crippen molar-refractivity contribution in [3.63, 3.8) is 0 Å². The molecule has 16 heavy (non-hydrogen) atoms.